The molecule has 210 valence electrons. The lowest BCUT2D eigenvalue weighted by Crippen LogP contribution is -2.19. The van der Waals surface area contributed by atoms with E-state index in [9.17, 15) is 19.7 Å². The molecule has 1 aromatic heterocycles. The predicted octanol–water partition coefficient (Wildman–Crippen LogP) is 8.06. The molecule has 1 atom stereocenters. The first-order valence-corrected chi connectivity index (χ1v) is 14.7. The zero-order chi connectivity index (χ0) is 29.6. The van der Waals surface area contributed by atoms with Crippen molar-refractivity contribution in [1.29, 1.82) is 0 Å². The van der Waals surface area contributed by atoms with Crippen molar-refractivity contribution < 1.29 is 14.5 Å². The first-order valence-electron chi connectivity index (χ1n) is 13.0. The van der Waals surface area contributed by atoms with Crippen molar-refractivity contribution >= 4 is 51.4 Å². The van der Waals surface area contributed by atoms with Crippen molar-refractivity contribution in [1.82, 2.24) is 4.98 Å². The maximum atomic E-state index is 13.6. The Kier molecular flexibility index (Phi) is 8.75. The number of hydrogen-bond acceptors (Lipinski definition) is 7. The molecule has 1 unspecified atom stereocenters. The molecule has 0 aliphatic carbocycles. The first kappa shape index (κ1) is 28.7. The van der Waals surface area contributed by atoms with Crippen LogP contribution < -0.4 is 10.6 Å². The van der Waals surface area contributed by atoms with Crippen LogP contribution in [0.3, 0.4) is 0 Å². The van der Waals surface area contributed by atoms with Crippen molar-refractivity contribution in [3.63, 3.8) is 0 Å². The van der Waals surface area contributed by atoms with E-state index in [1.54, 1.807) is 12.1 Å². The predicted molar refractivity (Wildman–Crippen MR) is 168 cm³/mol. The molecule has 5 aromatic rings. The average molecular weight is 595 g/mol. The smallest absolute Gasteiger partial charge is 0.270 e. The molecule has 2 amide bonds. The molecular formula is C32H26N4O4S2. The fraction of sp³-hybridized carbons (Fsp3) is 0.0938. The highest BCUT2D eigenvalue weighted by Gasteiger charge is 2.24. The highest BCUT2D eigenvalue weighted by molar-refractivity contribution is 8.00. The van der Waals surface area contributed by atoms with E-state index in [1.807, 2.05) is 80.6 Å². The molecule has 5 rings (SSSR count). The summed E-state index contributed by atoms with van der Waals surface area (Å²) in [5.74, 6) is -0.650. The van der Waals surface area contributed by atoms with E-state index >= 15 is 0 Å². The Bertz CT molecular complexity index is 1740. The monoisotopic (exact) mass is 594 g/mol. The molecule has 0 aliphatic heterocycles. The fourth-order valence-corrected chi connectivity index (χ4v) is 6.08. The summed E-state index contributed by atoms with van der Waals surface area (Å²) in [4.78, 5) is 43.3. The molecule has 42 heavy (non-hydrogen) atoms. The second-order valence-electron chi connectivity index (χ2n) is 9.47. The van der Waals surface area contributed by atoms with Crippen molar-refractivity contribution in [2.24, 2.45) is 0 Å². The third kappa shape index (κ3) is 6.91. The minimum Gasteiger partial charge on any atom is -0.322 e. The Morgan fingerprint density at radius 1 is 0.881 bits per heavy atom. The van der Waals surface area contributed by atoms with Crippen molar-refractivity contribution in [3.05, 3.63) is 135 Å². The van der Waals surface area contributed by atoms with Gasteiger partial charge in [0.1, 0.15) is 5.25 Å². The topological polar surface area (TPSA) is 114 Å². The Morgan fingerprint density at radius 3 is 2.29 bits per heavy atom. The van der Waals surface area contributed by atoms with Crippen LogP contribution in [0.1, 0.15) is 31.6 Å². The molecule has 0 fully saturated rings. The fourth-order valence-electron chi connectivity index (χ4n) is 4.22. The number of benzene rings is 4. The van der Waals surface area contributed by atoms with Crippen LogP contribution >= 0.6 is 23.1 Å². The number of thiazole rings is 1. The Hall–Kier alpha value is -4.80. The zero-order valence-corrected chi connectivity index (χ0v) is 24.4. The number of amides is 2. The summed E-state index contributed by atoms with van der Waals surface area (Å²) in [7, 11) is 0. The molecule has 8 nitrogen and oxygen atoms in total. The Morgan fingerprint density at radius 2 is 1.60 bits per heavy atom. The van der Waals surface area contributed by atoms with Gasteiger partial charge in [-0.3, -0.25) is 19.7 Å². The number of carbonyl (C=O) groups is 2. The highest BCUT2D eigenvalue weighted by atomic mass is 32.2. The van der Waals surface area contributed by atoms with Crippen LogP contribution in [-0.4, -0.2) is 21.7 Å². The molecule has 10 heteroatoms. The lowest BCUT2D eigenvalue weighted by atomic mass is 10.1. The van der Waals surface area contributed by atoms with E-state index in [0.717, 1.165) is 26.6 Å². The molecular weight excluding hydrogens is 569 g/mol. The number of nitro benzene ring substituents is 1. The van der Waals surface area contributed by atoms with E-state index in [4.69, 9.17) is 4.98 Å². The third-order valence-electron chi connectivity index (χ3n) is 6.38. The largest absolute Gasteiger partial charge is 0.322 e. The van der Waals surface area contributed by atoms with Gasteiger partial charge in [0.05, 0.1) is 10.6 Å². The van der Waals surface area contributed by atoms with E-state index in [1.165, 1.54) is 52.9 Å². The average Bonchev–Trinajstić information content (AvgIpc) is 3.36. The van der Waals surface area contributed by atoms with Crippen molar-refractivity contribution in [2.75, 3.05) is 10.6 Å². The number of thioether (sulfide) groups is 1. The third-order valence-corrected chi connectivity index (χ3v) is 8.53. The molecule has 0 radical (unpaired) electrons. The van der Waals surface area contributed by atoms with Gasteiger partial charge in [0, 0.05) is 38.7 Å². The lowest BCUT2D eigenvalue weighted by molar-refractivity contribution is -0.384. The number of anilines is 2. The molecule has 2 N–H and O–H groups in total. The van der Waals surface area contributed by atoms with Gasteiger partial charge in [-0.15, -0.1) is 23.1 Å². The number of nitro groups is 1. The van der Waals surface area contributed by atoms with Gasteiger partial charge in [0.25, 0.3) is 11.6 Å². The molecule has 1 heterocycles. The standard InChI is InChI=1S/C32H26N4O4S2/c1-20-11-13-22(14-12-20)28-21(2)41-32(34-28)35-31(38)29(23-7-4-3-5-8-23)42-27-17-15-25(16-18-27)33-30(37)24-9-6-10-26(19-24)36(39)40/h3-19,29H,1-2H3,(H,33,37)(H,34,35,38). The molecule has 0 saturated heterocycles. The molecule has 0 spiro atoms. The van der Waals surface area contributed by atoms with Gasteiger partial charge in [-0.2, -0.15) is 0 Å². The molecule has 0 aliphatic rings. The Balaban J connectivity index is 1.31. The summed E-state index contributed by atoms with van der Waals surface area (Å²) in [6, 6.07) is 30.3. The zero-order valence-electron chi connectivity index (χ0n) is 22.7. The minimum atomic E-state index is -0.552. The van der Waals surface area contributed by atoms with E-state index in [-0.39, 0.29) is 17.2 Å². The van der Waals surface area contributed by atoms with Gasteiger partial charge in [0.2, 0.25) is 5.91 Å². The van der Waals surface area contributed by atoms with Gasteiger partial charge < -0.3 is 10.6 Å². The lowest BCUT2D eigenvalue weighted by Gasteiger charge is -2.16. The van der Waals surface area contributed by atoms with Crippen LogP contribution in [-0.2, 0) is 4.79 Å². The maximum Gasteiger partial charge on any atom is 0.270 e. The van der Waals surface area contributed by atoms with Crippen LogP contribution in [0.5, 0.6) is 0 Å². The molecule has 0 bridgehead atoms. The van der Waals surface area contributed by atoms with Crippen LogP contribution in [0.15, 0.2) is 108 Å². The summed E-state index contributed by atoms with van der Waals surface area (Å²) >= 11 is 2.82. The summed E-state index contributed by atoms with van der Waals surface area (Å²) in [5.41, 5.74) is 4.42. The van der Waals surface area contributed by atoms with Crippen LogP contribution in [0.2, 0.25) is 0 Å². The van der Waals surface area contributed by atoms with Crippen molar-refractivity contribution in [3.8, 4) is 11.3 Å². The summed E-state index contributed by atoms with van der Waals surface area (Å²) in [5, 5.41) is 16.8. The molecule has 4 aromatic carbocycles. The van der Waals surface area contributed by atoms with Crippen LogP contribution in [0.25, 0.3) is 11.3 Å². The number of non-ortho nitro benzene ring substituents is 1. The SMILES string of the molecule is Cc1ccc(-c2nc(NC(=O)C(Sc3ccc(NC(=O)c4cccc([N+](=O)[O-])c4)cc3)c3ccccc3)sc2C)cc1. The van der Waals surface area contributed by atoms with E-state index in [2.05, 4.69) is 10.6 Å². The van der Waals surface area contributed by atoms with Gasteiger partial charge in [-0.1, -0.05) is 66.2 Å². The number of rotatable bonds is 9. The summed E-state index contributed by atoms with van der Waals surface area (Å²) in [6.07, 6.45) is 0. The van der Waals surface area contributed by atoms with Crippen molar-refractivity contribution in [2.45, 2.75) is 24.0 Å². The second kappa shape index (κ2) is 12.8. The van der Waals surface area contributed by atoms with Crippen LogP contribution in [0.4, 0.5) is 16.5 Å². The van der Waals surface area contributed by atoms with Gasteiger partial charge in [-0.25, -0.2) is 4.98 Å². The van der Waals surface area contributed by atoms with Gasteiger partial charge in [-0.05, 0) is 49.7 Å². The van der Waals surface area contributed by atoms with Crippen LogP contribution in [0, 0.1) is 24.0 Å². The van der Waals surface area contributed by atoms with Gasteiger partial charge >= 0.3 is 0 Å². The normalized spacial score (nSPS) is 11.5. The maximum absolute atomic E-state index is 13.6. The summed E-state index contributed by atoms with van der Waals surface area (Å²) in [6.45, 7) is 4.03. The number of nitrogens with one attached hydrogen (secondary N) is 2. The van der Waals surface area contributed by atoms with E-state index < -0.39 is 16.1 Å². The second-order valence-corrected chi connectivity index (χ2v) is 11.9. The number of carbonyl (C=O) groups excluding carboxylic acids is 2. The summed E-state index contributed by atoms with van der Waals surface area (Å²) < 4.78 is 0. The Labute approximate surface area is 251 Å². The van der Waals surface area contributed by atoms with E-state index in [0.29, 0.717) is 10.8 Å². The first-order chi connectivity index (χ1) is 20.3. The number of hydrogen-bond donors (Lipinski definition) is 2. The highest BCUT2D eigenvalue weighted by Crippen LogP contribution is 2.38. The quantitative estimate of drug-likeness (QED) is 0.101. The number of nitrogens with zero attached hydrogens (tertiary/aromatic N) is 2. The molecule has 0 saturated carbocycles. The van der Waals surface area contributed by atoms with Gasteiger partial charge in [0.15, 0.2) is 5.13 Å². The number of aromatic nitrogens is 1. The number of aryl methyl sites for hydroxylation is 2. The minimum absolute atomic E-state index is 0.154.